The van der Waals surface area contributed by atoms with Gasteiger partial charge in [-0.1, -0.05) is 12.1 Å². The summed E-state index contributed by atoms with van der Waals surface area (Å²) in [5.74, 6) is -0.0731. The molecule has 192 valence electrons. The van der Waals surface area contributed by atoms with E-state index in [0.29, 0.717) is 26.2 Å². The van der Waals surface area contributed by atoms with E-state index >= 15 is 0 Å². The third-order valence-electron chi connectivity index (χ3n) is 7.08. The van der Waals surface area contributed by atoms with Gasteiger partial charge < -0.3 is 15.1 Å². The van der Waals surface area contributed by atoms with E-state index in [-0.39, 0.29) is 29.2 Å². The number of alkyl halides is 3. The van der Waals surface area contributed by atoms with Crippen molar-refractivity contribution in [3.05, 3.63) is 83.7 Å². The van der Waals surface area contributed by atoms with Crippen molar-refractivity contribution in [2.24, 2.45) is 5.92 Å². The number of anilines is 2. The number of amides is 2. The number of carbonyl (C=O) groups is 2. The predicted octanol–water partition coefficient (Wildman–Crippen LogP) is 4.59. The van der Waals surface area contributed by atoms with Crippen LogP contribution in [0.3, 0.4) is 0 Å². The predicted molar refractivity (Wildman–Crippen MR) is 132 cm³/mol. The van der Waals surface area contributed by atoms with E-state index in [1.165, 1.54) is 12.1 Å². The first-order valence-electron chi connectivity index (χ1n) is 12.2. The Hall–Kier alpha value is -3.95. The van der Waals surface area contributed by atoms with Gasteiger partial charge in [-0.05, 0) is 66.8 Å². The van der Waals surface area contributed by atoms with Crippen LogP contribution in [0.25, 0.3) is 0 Å². The third kappa shape index (κ3) is 5.58. The molecule has 0 spiro atoms. The number of nitrogens with zero attached hydrogens (tertiary/aromatic N) is 4. The SMILES string of the molecule is O=C(Nc1ccc(C2CCN(C(=O)c3ccc(C(F)(F)F)cc3)CC2)cc1)C1CN(c2ccnnc2)C1. The van der Waals surface area contributed by atoms with Crippen molar-refractivity contribution in [3.8, 4) is 0 Å². The van der Waals surface area contributed by atoms with Crippen molar-refractivity contribution in [2.45, 2.75) is 24.9 Å². The lowest BCUT2D eigenvalue weighted by atomic mass is 9.89. The van der Waals surface area contributed by atoms with Gasteiger partial charge in [-0.2, -0.15) is 23.4 Å². The molecule has 0 aliphatic carbocycles. The fourth-order valence-electron chi connectivity index (χ4n) is 4.81. The molecule has 0 bridgehead atoms. The molecule has 7 nitrogen and oxygen atoms in total. The fraction of sp³-hybridized carbons (Fsp3) is 0.333. The number of hydrogen-bond acceptors (Lipinski definition) is 5. The fourth-order valence-corrected chi connectivity index (χ4v) is 4.81. The molecular weight excluding hydrogens is 483 g/mol. The average molecular weight is 510 g/mol. The van der Waals surface area contributed by atoms with E-state index in [1.807, 2.05) is 30.3 Å². The number of piperidine rings is 1. The van der Waals surface area contributed by atoms with Gasteiger partial charge >= 0.3 is 6.18 Å². The normalized spacial score (nSPS) is 16.8. The summed E-state index contributed by atoms with van der Waals surface area (Å²) in [7, 11) is 0. The first-order chi connectivity index (χ1) is 17.8. The Bertz CT molecular complexity index is 1240. The number of hydrogen-bond donors (Lipinski definition) is 1. The van der Waals surface area contributed by atoms with Crippen LogP contribution in [-0.4, -0.2) is 53.1 Å². The first-order valence-corrected chi connectivity index (χ1v) is 12.2. The van der Waals surface area contributed by atoms with Gasteiger partial charge in [-0.3, -0.25) is 9.59 Å². The number of likely N-dealkylation sites (tertiary alicyclic amines) is 1. The zero-order valence-corrected chi connectivity index (χ0v) is 20.0. The summed E-state index contributed by atoms with van der Waals surface area (Å²) in [6.45, 7) is 2.35. The molecular formula is C27H26F3N5O2. The van der Waals surface area contributed by atoms with Crippen molar-refractivity contribution in [1.82, 2.24) is 15.1 Å². The van der Waals surface area contributed by atoms with Gasteiger partial charge in [0, 0.05) is 37.4 Å². The molecule has 2 aliphatic rings. The quantitative estimate of drug-likeness (QED) is 0.545. The first kappa shape index (κ1) is 24.7. The molecule has 2 aliphatic heterocycles. The zero-order valence-electron chi connectivity index (χ0n) is 20.0. The average Bonchev–Trinajstić information content (AvgIpc) is 2.88. The van der Waals surface area contributed by atoms with Crippen LogP contribution in [-0.2, 0) is 11.0 Å². The Kier molecular flexibility index (Phi) is 6.82. The largest absolute Gasteiger partial charge is 0.416 e. The smallest absolute Gasteiger partial charge is 0.368 e. The Morgan fingerprint density at radius 1 is 0.892 bits per heavy atom. The van der Waals surface area contributed by atoms with E-state index in [4.69, 9.17) is 0 Å². The highest BCUT2D eigenvalue weighted by molar-refractivity contribution is 5.95. The highest BCUT2D eigenvalue weighted by Gasteiger charge is 2.33. The Morgan fingerprint density at radius 3 is 2.16 bits per heavy atom. The highest BCUT2D eigenvalue weighted by atomic mass is 19.4. The van der Waals surface area contributed by atoms with Crippen LogP contribution in [0.4, 0.5) is 24.5 Å². The lowest BCUT2D eigenvalue weighted by Crippen LogP contribution is -2.52. The molecule has 2 saturated heterocycles. The highest BCUT2D eigenvalue weighted by Crippen LogP contribution is 2.32. The van der Waals surface area contributed by atoms with Crippen molar-refractivity contribution in [1.29, 1.82) is 0 Å². The summed E-state index contributed by atoms with van der Waals surface area (Å²) in [5, 5.41) is 10.6. The van der Waals surface area contributed by atoms with Gasteiger partial charge in [-0.25, -0.2) is 0 Å². The van der Waals surface area contributed by atoms with Crippen molar-refractivity contribution in [3.63, 3.8) is 0 Å². The number of aromatic nitrogens is 2. The van der Waals surface area contributed by atoms with Crippen LogP contribution < -0.4 is 10.2 Å². The molecule has 1 N–H and O–H groups in total. The molecule has 1 aromatic heterocycles. The molecule has 10 heteroatoms. The van der Waals surface area contributed by atoms with Crippen LogP contribution in [0.2, 0.25) is 0 Å². The zero-order chi connectivity index (χ0) is 26.0. The molecule has 0 unspecified atom stereocenters. The van der Waals surface area contributed by atoms with Crippen LogP contribution in [0, 0.1) is 5.92 Å². The van der Waals surface area contributed by atoms with Crippen LogP contribution >= 0.6 is 0 Å². The number of carbonyl (C=O) groups excluding carboxylic acids is 2. The molecule has 3 heterocycles. The maximum absolute atomic E-state index is 12.8. The van der Waals surface area contributed by atoms with E-state index in [0.717, 1.165) is 41.9 Å². The summed E-state index contributed by atoms with van der Waals surface area (Å²) < 4.78 is 38.3. The summed E-state index contributed by atoms with van der Waals surface area (Å²) in [5.41, 5.74) is 2.33. The summed E-state index contributed by atoms with van der Waals surface area (Å²) >= 11 is 0. The molecule has 2 amide bonds. The van der Waals surface area contributed by atoms with Gasteiger partial charge in [0.05, 0.1) is 29.6 Å². The summed E-state index contributed by atoms with van der Waals surface area (Å²) in [6, 6.07) is 14.0. The van der Waals surface area contributed by atoms with E-state index in [2.05, 4.69) is 20.4 Å². The number of benzene rings is 2. The maximum Gasteiger partial charge on any atom is 0.416 e. The monoisotopic (exact) mass is 509 g/mol. The van der Waals surface area contributed by atoms with Gasteiger partial charge in [0.25, 0.3) is 5.91 Å². The molecule has 2 aromatic carbocycles. The van der Waals surface area contributed by atoms with Crippen LogP contribution in [0.5, 0.6) is 0 Å². The van der Waals surface area contributed by atoms with Gasteiger partial charge in [0.2, 0.25) is 5.91 Å². The van der Waals surface area contributed by atoms with Crippen LogP contribution in [0.1, 0.15) is 40.2 Å². The minimum Gasteiger partial charge on any atom is -0.368 e. The van der Waals surface area contributed by atoms with Gasteiger partial charge in [0.15, 0.2) is 0 Å². The Balaban J connectivity index is 1.10. The topological polar surface area (TPSA) is 78.4 Å². The number of halogens is 3. The molecule has 0 saturated carbocycles. The van der Waals surface area contributed by atoms with Gasteiger partial charge in [-0.15, -0.1) is 0 Å². The van der Waals surface area contributed by atoms with Gasteiger partial charge in [0.1, 0.15) is 0 Å². The van der Waals surface area contributed by atoms with Crippen LogP contribution in [0.15, 0.2) is 67.0 Å². The van der Waals surface area contributed by atoms with Crippen molar-refractivity contribution in [2.75, 3.05) is 36.4 Å². The number of rotatable bonds is 5. The summed E-state index contributed by atoms with van der Waals surface area (Å²) in [4.78, 5) is 29.1. The Labute approximate surface area is 212 Å². The second kappa shape index (κ2) is 10.2. The number of nitrogens with one attached hydrogen (secondary N) is 1. The minimum atomic E-state index is -4.42. The van der Waals surface area contributed by atoms with E-state index in [9.17, 15) is 22.8 Å². The third-order valence-corrected chi connectivity index (χ3v) is 7.08. The molecule has 37 heavy (non-hydrogen) atoms. The standard InChI is InChI=1S/C27H26F3N5O2/c28-27(29,30)22-5-1-20(2-6-22)26(37)34-13-10-19(11-14-34)18-3-7-23(8-4-18)33-25(36)21-16-35(17-21)24-9-12-31-32-15-24/h1-9,12,15,19,21H,10-11,13-14,16-17H2,(H,33,36). The molecule has 0 radical (unpaired) electrons. The van der Waals surface area contributed by atoms with Crippen molar-refractivity contribution >= 4 is 23.2 Å². The lowest BCUT2D eigenvalue weighted by molar-refractivity contribution is -0.137. The molecule has 2 fully saturated rings. The Morgan fingerprint density at radius 2 is 1.57 bits per heavy atom. The second-order valence-corrected chi connectivity index (χ2v) is 9.46. The molecule has 3 aromatic rings. The second-order valence-electron chi connectivity index (χ2n) is 9.46. The lowest BCUT2D eigenvalue weighted by Gasteiger charge is -2.39. The summed E-state index contributed by atoms with van der Waals surface area (Å²) in [6.07, 6.45) is 0.419. The van der Waals surface area contributed by atoms with Crippen molar-refractivity contribution < 1.29 is 22.8 Å². The maximum atomic E-state index is 12.8. The molecule has 0 atom stereocenters. The van der Waals surface area contributed by atoms with E-state index in [1.54, 1.807) is 17.3 Å². The van der Waals surface area contributed by atoms with E-state index < -0.39 is 11.7 Å². The minimum absolute atomic E-state index is 0.0129. The molecule has 5 rings (SSSR count).